The Morgan fingerprint density at radius 1 is 0.800 bits per heavy atom. The van der Waals surface area contributed by atoms with Gasteiger partial charge in [0.25, 0.3) is 0 Å². The van der Waals surface area contributed by atoms with E-state index in [1.807, 2.05) is 0 Å². The molecular formula is C16H11F3O. The Morgan fingerprint density at radius 3 is 1.95 bits per heavy atom. The average Bonchev–Trinajstić information content (AvgIpc) is 2.45. The summed E-state index contributed by atoms with van der Waals surface area (Å²) in [4.78, 5) is 10.8. The summed E-state index contributed by atoms with van der Waals surface area (Å²) in [6.07, 6.45) is -0.215. The zero-order valence-corrected chi connectivity index (χ0v) is 10.4. The Bertz CT molecular complexity index is 625. The van der Waals surface area contributed by atoms with E-state index in [1.54, 1.807) is 36.4 Å². The van der Waals surface area contributed by atoms with Crippen molar-refractivity contribution in [2.75, 3.05) is 0 Å². The maximum absolute atomic E-state index is 12.4. The van der Waals surface area contributed by atoms with Crippen LogP contribution in [0.4, 0.5) is 13.2 Å². The minimum Gasteiger partial charge on any atom is -0.298 e. The molecule has 0 aliphatic rings. The Kier molecular flexibility index (Phi) is 4.03. The summed E-state index contributed by atoms with van der Waals surface area (Å²) in [5.41, 5.74) is 1.22. The monoisotopic (exact) mass is 276 g/mol. The number of alkyl halides is 3. The molecule has 2 aromatic rings. The van der Waals surface area contributed by atoms with Crippen molar-refractivity contribution >= 4 is 18.4 Å². The van der Waals surface area contributed by atoms with E-state index in [9.17, 15) is 18.0 Å². The normalized spacial score (nSPS) is 11.8. The van der Waals surface area contributed by atoms with E-state index in [0.29, 0.717) is 11.1 Å². The number of aldehydes is 1. The third-order valence-electron chi connectivity index (χ3n) is 2.82. The third-order valence-corrected chi connectivity index (χ3v) is 2.82. The molecule has 1 nitrogen and oxygen atoms in total. The maximum Gasteiger partial charge on any atom is 0.416 e. The van der Waals surface area contributed by atoms with Crippen LogP contribution in [0.15, 0.2) is 48.5 Å². The van der Waals surface area contributed by atoms with Gasteiger partial charge in [0.2, 0.25) is 0 Å². The molecule has 0 fully saturated rings. The van der Waals surface area contributed by atoms with Crippen molar-refractivity contribution in [3.05, 3.63) is 70.8 Å². The molecule has 4 heteroatoms. The van der Waals surface area contributed by atoms with Crippen LogP contribution in [0.25, 0.3) is 12.2 Å². The van der Waals surface area contributed by atoms with Crippen LogP contribution >= 0.6 is 0 Å². The van der Waals surface area contributed by atoms with Gasteiger partial charge >= 0.3 is 6.18 Å². The Hall–Kier alpha value is -2.36. The molecule has 0 aliphatic carbocycles. The van der Waals surface area contributed by atoms with E-state index in [4.69, 9.17) is 0 Å². The van der Waals surface area contributed by atoms with Crippen molar-refractivity contribution in [2.24, 2.45) is 0 Å². The van der Waals surface area contributed by atoms with Crippen LogP contribution in [0.2, 0.25) is 0 Å². The molecule has 0 amide bonds. The number of hydrogen-bond donors (Lipinski definition) is 0. The number of carbonyl (C=O) groups is 1. The molecular weight excluding hydrogens is 265 g/mol. The predicted molar refractivity (Wildman–Crippen MR) is 72.2 cm³/mol. The summed E-state index contributed by atoms with van der Waals surface area (Å²) in [6.45, 7) is 0. The number of benzene rings is 2. The summed E-state index contributed by atoms with van der Waals surface area (Å²) in [5, 5.41) is 0. The van der Waals surface area contributed by atoms with Crippen molar-refractivity contribution in [1.29, 1.82) is 0 Å². The summed E-state index contributed by atoms with van der Waals surface area (Å²) < 4.78 is 37.2. The van der Waals surface area contributed by atoms with Crippen LogP contribution in [0.1, 0.15) is 27.0 Å². The highest BCUT2D eigenvalue weighted by atomic mass is 19.4. The lowest BCUT2D eigenvalue weighted by Crippen LogP contribution is -2.03. The van der Waals surface area contributed by atoms with E-state index in [-0.39, 0.29) is 0 Å². The Morgan fingerprint density at radius 2 is 1.40 bits per heavy atom. The van der Waals surface area contributed by atoms with Crippen molar-refractivity contribution in [3.63, 3.8) is 0 Å². The first-order valence-corrected chi connectivity index (χ1v) is 5.90. The zero-order valence-electron chi connectivity index (χ0n) is 10.4. The molecule has 0 unspecified atom stereocenters. The van der Waals surface area contributed by atoms with E-state index >= 15 is 0 Å². The fourth-order valence-corrected chi connectivity index (χ4v) is 1.74. The zero-order chi connectivity index (χ0) is 14.6. The molecule has 0 bridgehead atoms. The Labute approximate surface area is 114 Å². The molecule has 0 N–H and O–H groups in total. The van der Waals surface area contributed by atoms with Crippen molar-refractivity contribution < 1.29 is 18.0 Å². The molecule has 0 saturated carbocycles. The second kappa shape index (κ2) is 5.74. The second-order valence-corrected chi connectivity index (χ2v) is 4.20. The molecule has 0 atom stereocenters. The number of halogens is 3. The molecule has 0 aromatic heterocycles. The van der Waals surface area contributed by atoms with Gasteiger partial charge in [-0.25, -0.2) is 0 Å². The van der Waals surface area contributed by atoms with Gasteiger partial charge in [0, 0.05) is 5.56 Å². The van der Waals surface area contributed by atoms with Gasteiger partial charge in [0.05, 0.1) is 5.56 Å². The minimum atomic E-state index is -4.33. The van der Waals surface area contributed by atoms with E-state index in [0.717, 1.165) is 24.0 Å². The maximum atomic E-state index is 12.4. The fourth-order valence-electron chi connectivity index (χ4n) is 1.74. The quantitative estimate of drug-likeness (QED) is 0.587. The predicted octanol–water partition coefficient (Wildman–Crippen LogP) is 4.69. The molecule has 20 heavy (non-hydrogen) atoms. The number of carbonyl (C=O) groups excluding carboxylic acids is 1. The summed E-state index contributed by atoms with van der Waals surface area (Å²) >= 11 is 0. The SMILES string of the molecule is O=Cc1ccccc1C=Cc1ccc(C(F)(F)F)cc1. The summed E-state index contributed by atoms with van der Waals surface area (Å²) in [5.74, 6) is 0. The highest BCUT2D eigenvalue weighted by Gasteiger charge is 2.29. The average molecular weight is 276 g/mol. The van der Waals surface area contributed by atoms with Gasteiger partial charge in [-0.1, -0.05) is 48.6 Å². The highest BCUT2D eigenvalue weighted by molar-refractivity contribution is 5.84. The first kappa shape index (κ1) is 14.1. The third kappa shape index (κ3) is 3.35. The first-order chi connectivity index (χ1) is 9.50. The topological polar surface area (TPSA) is 17.1 Å². The fraction of sp³-hybridized carbons (Fsp3) is 0.0625. The standard InChI is InChI=1S/C16H11F3O/c17-16(18,19)15-9-6-12(7-10-15)5-8-13-3-1-2-4-14(13)11-20/h1-11H. The lowest BCUT2D eigenvalue weighted by Gasteiger charge is -2.06. The van der Waals surface area contributed by atoms with Crippen LogP contribution in [-0.4, -0.2) is 6.29 Å². The lowest BCUT2D eigenvalue weighted by atomic mass is 10.1. The molecule has 102 valence electrons. The van der Waals surface area contributed by atoms with Crippen LogP contribution in [0.5, 0.6) is 0 Å². The van der Waals surface area contributed by atoms with E-state index < -0.39 is 11.7 Å². The van der Waals surface area contributed by atoms with E-state index in [1.165, 1.54) is 12.1 Å². The van der Waals surface area contributed by atoms with Gasteiger partial charge in [0.15, 0.2) is 6.29 Å². The van der Waals surface area contributed by atoms with Crippen molar-refractivity contribution in [1.82, 2.24) is 0 Å². The van der Waals surface area contributed by atoms with Crippen LogP contribution in [0.3, 0.4) is 0 Å². The van der Waals surface area contributed by atoms with Gasteiger partial charge in [-0.15, -0.1) is 0 Å². The van der Waals surface area contributed by atoms with Crippen LogP contribution in [-0.2, 0) is 6.18 Å². The first-order valence-electron chi connectivity index (χ1n) is 5.90. The van der Waals surface area contributed by atoms with Crippen molar-refractivity contribution in [2.45, 2.75) is 6.18 Å². The van der Waals surface area contributed by atoms with Crippen LogP contribution < -0.4 is 0 Å². The second-order valence-electron chi connectivity index (χ2n) is 4.20. The summed E-state index contributed by atoms with van der Waals surface area (Å²) in [6, 6.07) is 11.8. The smallest absolute Gasteiger partial charge is 0.298 e. The lowest BCUT2D eigenvalue weighted by molar-refractivity contribution is -0.137. The van der Waals surface area contributed by atoms with Crippen molar-refractivity contribution in [3.8, 4) is 0 Å². The summed E-state index contributed by atoms with van der Waals surface area (Å²) in [7, 11) is 0. The molecule has 0 aliphatic heterocycles. The molecule has 2 rings (SSSR count). The molecule has 0 heterocycles. The van der Waals surface area contributed by atoms with Gasteiger partial charge in [-0.3, -0.25) is 4.79 Å². The molecule has 2 aromatic carbocycles. The van der Waals surface area contributed by atoms with Gasteiger partial charge in [-0.05, 0) is 23.3 Å². The van der Waals surface area contributed by atoms with E-state index in [2.05, 4.69) is 0 Å². The number of rotatable bonds is 3. The molecule has 0 radical (unpaired) electrons. The minimum absolute atomic E-state index is 0.538. The molecule has 0 saturated heterocycles. The number of hydrogen-bond acceptors (Lipinski definition) is 1. The van der Waals surface area contributed by atoms with Gasteiger partial charge < -0.3 is 0 Å². The molecule has 0 spiro atoms. The van der Waals surface area contributed by atoms with Gasteiger partial charge in [-0.2, -0.15) is 13.2 Å². The van der Waals surface area contributed by atoms with Gasteiger partial charge in [0.1, 0.15) is 0 Å². The largest absolute Gasteiger partial charge is 0.416 e. The highest BCUT2D eigenvalue weighted by Crippen LogP contribution is 2.29. The van der Waals surface area contributed by atoms with Crippen LogP contribution in [0, 0.1) is 0 Å². The Balaban J connectivity index is 2.22.